The fourth-order valence-corrected chi connectivity index (χ4v) is 4.37. The van der Waals surface area contributed by atoms with Crippen molar-refractivity contribution in [2.45, 2.75) is 19.6 Å². The number of rotatable bonds is 7. The average Bonchev–Trinajstić information content (AvgIpc) is 2.93. The summed E-state index contributed by atoms with van der Waals surface area (Å²) in [5.41, 5.74) is 5.00. The third-order valence-electron chi connectivity index (χ3n) is 6.00. The van der Waals surface area contributed by atoms with Crippen LogP contribution in [0.4, 0.5) is 0 Å². The number of aromatic nitrogens is 2. The molecule has 2 heterocycles. The summed E-state index contributed by atoms with van der Waals surface area (Å²) < 4.78 is 5.51. The Labute approximate surface area is 215 Å². The Bertz CT molecular complexity index is 1540. The molecule has 5 aromatic rings. The third-order valence-corrected chi connectivity index (χ3v) is 6.00. The zero-order valence-corrected chi connectivity index (χ0v) is 20.3. The van der Waals surface area contributed by atoms with E-state index in [4.69, 9.17) is 9.72 Å². The monoisotopic (exact) mass is 487 g/mol. The van der Waals surface area contributed by atoms with Gasteiger partial charge in [-0.2, -0.15) is 0 Å². The fraction of sp³-hybridized carbons (Fsp3) is 0.0968. The zero-order chi connectivity index (χ0) is 25.6. The average molecular weight is 488 g/mol. The topological polar surface area (TPSA) is 81.2 Å². The maximum absolute atomic E-state index is 14.1. The molecule has 6 nitrogen and oxygen atoms in total. The number of ether oxygens (including phenoxy) is 1. The summed E-state index contributed by atoms with van der Waals surface area (Å²) in [7, 11) is 0. The molecular weight excluding hydrogens is 462 g/mol. The predicted octanol–water partition coefficient (Wildman–Crippen LogP) is 5.88. The Kier molecular flexibility index (Phi) is 6.99. The second kappa shape index (κ2) is 10.8. The van der Waals surface area contributed by atoms with Crippen LogP contribution in [-0.2, 0) is 16.0 Å². The minimum Gasteiger partial charge on any atom is -0.437 e. The molecular formula is C31H25N3O3. The predicted molar refractivity (Wildman–Crippen MR) is 143 cm³/mol. The summed E-state index contributed by atoms with van der Waals surface area (Å²) in [4.78, 5) is 35.5. The number of carbonyl (C=O) groups is 2. The van der Waals surface area contributed by atoms with Crippen molar-refractivity contribution >= 4 is 22.8 Å². The van der Waals surface area contributed by atoms with Crippen molar-refractivity contribution in [3.63, 3.8) is 0 Å². The standard InChI is InChI=1S/C31H25N3O3/c1-21(35)37-31(23-14-6-3-7-15-23)34-30(36)28-25-17-8-9-18-27(25)33-29(22-12-4-2-5-13-22)26(28)20-24-16-10-11-19-32-24/h2-19,31H,20H2,1H3,(H,34,36). The number of hydrogen-bond acceptors (Lipinski definition) is 5. The SMILES string of the molecule is CC(=O)OC(NC(=O)c1c(Cc2ccccn2)c(-c2ccccc2)nc2ccccc12)c1ccccc1. The summed E-state index contributed by atoms with van der Waals surface area (Å²) in [5.74, 6) is -0.857. The van der Waals surface area contributed by atoms with E-state index in [-0.39, 0.29) is 5.91 Å². The van der Waals surface area contributed by atoms with Gasteiger partial charge in [-0.3, -0.25) is 14.6 Å². The summed E-state index contributed by atoms with van der Waals surface area (Å²) >= 11 is 0. The van der Waals surface area contributed by atoms with E-state index in [2.05, 4.69) is 10.3 Å². The number of pyridine rings is 2. The first-order valence-corrected chi connectivity index (χ1v) is 12.0. The Morgan fingerprint density at radius 2 is 1.51 bits per heavy atom. The van der Waals surface area contributed by atoms with Crippen LogP contribution in [0.3, 0.4) is 0 Å². The van der Waals surface area contributed by atoms with Gasteiger partial charge in [0.2, 0.25) is 6.23 Å². The number of nitrogens with one attached hydrogen (secondary N) is 1. The van der Waals surface area contributed by atoms with E-state index in [1.165, 1.54) is 6.92 Å². The minimum atomic E-state index is -0.944. The first-order chi connectivity index (χ1) is 18.1. The molecule has 37 heavy (non-hydrogen) atoms. The molecule has 3 aromatic carbocycles. The molecule has 5 rings (SSSR count). The molecule has 0 aliphatic carbocycles. The summed E-state index contributed by atoms with van der Waals surface area (Å²) in [6.07, 6.45) is 1.19. The number of fused-ring (bicyclic) bond motifs is 1. The fourth-order valence-electron chi connectivity index (χ4n) is 4.37. The molecule has 1 atom stereocenters. The molecule has 0 spiro atoms. The van der Waals surface area contributed by atoms with Crippen molar-refractivity contribution in [3.05, 3.63) is 132 Å². The van der Waals surface area contributed by atoms with Crippen molar-refractivity contribution < 1.29 is 14.3 Å². The molecule has 2 aromatic heterocycles. The smallest absolute Gasteiger partial charge is 0.304 e. The van der Waals surface area contributed by atoms with Gasteiger partial charge in [0.15, 0.2) is 0 Å². The highest BCUT2D eigenvalue weighted by Gasteiger charge is 2.25. The van der Waals surface area contributed by atoms with Gasteiger partial charge in [0.1, 0.15) is 0 Å². The molecule has 0 saturated carbocycles. The number of benzene rings is 3. The molecule has 0 fully saturated rings. The second-order valence-electron chi connectivity index (χ2n) is 8.57. The van der Waals surface area contributed by atoms with Gasteiger partial charge in [-0.15, -0.1) is 0 Å². The van der Waals surface area contributed by atoms with Gasteiger partial charge in [0.25, 0.3) is 5.91 Å². The van der Waals surface area contributed by atoms with E-state index in [0.717, 1.165) is 16.8 Å². The number of hydrogen-bond donors (Lipinski definition) is 1. The lowest BCUT2D eigenvalue weighted by Crippen LogP contribution is -2.32. The normalized spacial score (nSPS) is 11.6. The van der Waals surface area contributed by atoms with Gasteiger partial charge < -0.3 is 10.1 Å². The van der Waals surface area contributed by atoms with E-state index in [1.54, 1.807) is 6.20 Å². The number of amides is 1. The van der Waals surface area contributed by atoms with Crippen molar-refractivity contribution in [1.29, 1.82) is 0 Å². The van der Waals surface area contributed by atoms with Crippen LogP contribution in [0.1, 0.15) is 40.3 Å². The van der Waals surface area contributed by atoms with Gasteiger partial charge in [-0.1, -0.05) is 84.9 Å². The van der Waals surface area contributed by atoms with Crippen molar-refractivity contribution in [2.24, 2.45) is 0 Å². The first kappa shape index (κ1) is 23.9. The highest BCUT2D eigenvalue weighted by molar-refractivity contribution is 6.09. The lowest BCUT2D eigenvalue weighted by Gasteiger charge is -2.22. The molecule has 1 amide bonds. The van der Waals surface area contributed by atoms with Crippen molar-refractivity contribution in [3.8, 4) is 11.3 Å². The van der Waals surface area contributed by atoms with Gasteiger partial charge >= 0.3 is 5.97 Å². The van der Waals surface area contributed by atoms with Crippen molar-refractivity contribution in [1.82, 2.24) is 15.3 Å². The van der Waals surface area contributed by atoms with Crippen LogP contribution in [0.15, 0.2) is 109 Å². The highest BCUT2D eigenvalue weighted by atomic mass is 16.6. The van der Waals surface area contributed by atoms with Gasteiger partial charge in [-0.25, -0.2) is 4.98 Å². The van der Waals surface area contributed by atoms with E-state index < -0.39 is 12.2 Å². The minimum absolute atomic E-state index is 0.364. The molecule has 0 aliphatic heterocycles. The quantitative estimate of drug-likeness (QED) is 0.229. The molecule has 182 valence electrons. The summed E-state index contributed by atoms with van der Waals surface area (Å²) in [6.45, 7) is 1.32. The van der Waals surface area contributed by atoms with Crippen LogP contribution >= 0.6 is 0 Å². The first-order valence-electron chi connectivity index (χ1n) is 12.0. The van der Waals surface area contributed by atoms with Crippen LogP contribution < -0.4 is 5.32 Å². The van der Waals surface area contributed by atoms with Gasteiger partial charge in [0, 0.05) is 41.7 Å². The molecule has 1 N–H and O–H groups in total. The molecule has 0 bridgehead atoms. The Balaban J connectivity index is 1.69. The maximum atomic E-state index is 14.1. The lowest BCUT2D eigenvalue weighted by molar-refractivity contribution is -0.147. The largest absolute Gasteiger partial charge is 0.437 e. The van der Waals surface area contributed by atoms with E-state index in [0.29, 0.717) is 34.1 Å². The number of esters is 1. The number of nitrogens with zero attached hydrogens (tertiary/aromatic N) is 2. The molecule has 0 saturated heterocycles. The Hall–Kier alpha value is -4.84. The lowest BCUT2D eigenvalue weighted by atomic mass is 9.93. The van der Waals surface area contributed by atoms with Gasteiger partial charge in [0.05, 0.1) is 16.8 Å². The molecule has 0 radical (unpaired) electrons. The maximum Gasteiger partial charge on any atom is 0.304 e. The number of carbonyl (C=O) groups excluding carboxylic acids is 2. The summed E-state index contributed by atoms with van der Waals surface area (Å²) in [6, 6.07) is 32.2. The van der Waals surface area contributed by atoms with Crippen LogP contribution in [0.5, 0.6) is 0 Å². The third kappa shape index (κ3) is 5.38. The molecule has 0 aliphatic rings. The highest BCUT2D eigenvalue weighted by Crippen LogP contribution is 2.32. The van der Waals surface area contributed by atoms with Crippen molar-refractivity contribution in [2.75, 3.05) is 0 Å². The second-order valence-corrected chi connectivity index (χ2v) is 8.57. The van der Waals surface area contributed by atoms with Crippen LogP contribution in [-0.4, -0.2) is 21.8 Å². The zero-order valence-electron chi connectivity index (χ0n) is 20.3. The Morgan fingerprint density at radius 3 is 2.22 bits per heavy atom. The van der Waals surface area contributed by atoms with E-state index in [9.17, 15) is 9.59 Å². The number of para-hydroxylation sites is 1. The van der Waals surface area contributed by atoms with Crippen LogP contribution in [0, 0.1) is 0 Å². The Morgan fingerprint density at radius 1 is 0.838 bits per heavy atom. The molecule has 1 unspecified atom stereocenters. The molecule has 6 heteroatoms. The van der Waals surface area contributed by atoms with Gasteiger partial charge in [-0.05, 0) is 23.8 Å². The van der Waals surface area contributed by atoms with Crippen LogP contribution in [0.2, 0.25) is 0 Å². The van der Waals surface area contributed by atoms with E-state index in [1.807, 2.05) is 103 Å². The van der Waals surface area contributed by atoms with E-state index >= 15 is 0 Å². The van der Waals surface area contributed by atoms with Crippen LogP contribution in [0.25, 0.3) is 22.2 Å². The summed E-state index contributed by atoms with van der Waals surface area (Å²) in [5, 5.41) is 3.66.